The van der Waals surface area contributed by atoms with Gasteiger partial charge in [0.05, 0.1) is 22.6 Å². The predicted octanol–water partition coefficient (Wildman–Crippen LogP) is 4.33. The van der Waals surface area contributed by atoms with Crippen LogP contribution in [0.4, 0.5) is 24.5 Å². The number of anilines is 2. The molecule has 3 N–H and O–H groups in total. The molecule has 170 valence electrons. The molecule has 0 bridgehead atoms. The lowest BCUT2D eigenvalue weighted by molar-refractivity contribution is -0.137. The number of nitrogens with one attached hydrogen (secondary N) is 2. The minimum atomic E-state index is -4.47. The van der Waals surface area contributed by atoms with E-state index in [0.29, 0.717) is 35.7 Å². The van der Waals surface area contributed by atoms with Gasteiger partial charge in [-0.05, 0) is 35.7 Å². The molecule has 3 heterocycles. The average Bonchev–Trinajstić information content (AvgIpc) is 3.48. The number of halogens is 3. The van der Waals surface area contributed by atoms with Crippen LogP contribution >= 0.6 is 0 Å². The number of aliphatic hydroxyl groups excluding tert-OH is 1. The fourth-order valence-corrected chi connectivity index (χ4v) is 4.11. The molecule has 0 aromatic heterocycles. The Morgan fingerprint density at radius 1 is 1.24 bits per heavy atom. The summed E-state index contributed by atoms with van der Waals surface area (Å²) in [5.74, 6) is 1.04. The van der Waals surface area contributed by atoms with Gasteiger partial charge in [0.15, 0.2) is 5.82 Å². The Morgan fingerprint density at radius 3 is 2.79 bits per heavy atom. The maximum absolute atomic E-state index is 13.6. The first kappa shape index (κ1) is 21.2. The number of benzene rings is 2. The van der Waals surface area contributed by atoms with Gasteiger partial charge in [0, 0.05) is 18.9 Å². The highest BCUT2D eigenvalue weighted by Crippen LogP contribution is 2.43. The van der Waals surface area contributed by atoms with E-state index in [0.717, 1.165) is 17.5 Å². The van der Waals surface area contributed by atoms with Crippen LogP contribution in [0.25, 0.3) is 11.1 Å². The van der Waals surface area contributed by atoms with Gasteiger partial charge in [0.1, 0.15) is 18.1 Å². The molecule has 2 aromatic carbocycles. The molecule has 0 fully saturated rings. The van der Waals surface area contributed by atoms with Gasteiger partial charge in [0.25, 0.3) is 0 Å². The molecular formula is C23H21F3N6O. The Labute approximate surface area is 188 Å². The van der Waals surface area contributed by atoms with E-state index in [-0.39, 0.29) is 11.6 Å². The third kappa shape index (κ3) is 3.76. The summed E-state index contributed by atoms with van der Waals surface area (Å²) in [7, 11) is 0. The molecule has 5 rings (SSSR count). The molecule has 3 aliphatic heterocycles. The number of nitrogens with zero attached hydrogens (tertiary/aromatic N) is 4. The number of rotatable bonds is 5. The van der Waals surface area contributed by atoms with Crippen molar-refractivity contribution < 1.29 is 18.3 Å². The van der Waals surface area contributed by atoms with Crippen LogP contribution in [0.15, 0.2) is 69.3 Å². The average molecular weight is 454 g/mol. The van der Waals surface area contributed by atoms with E-state index >= 15 is 0 Å². The Bertz CT molecular complexity index is 1220. The van der Waals surface area contributed by atoms with Crippen molar-refractivity contribution in [1.29, 1.82) is 0 Å². The predicted molar refractivity (Wildman–Crippen MR) is 122 cm³/mol. The lowest BCUT2D eigenvalue weighted by Crippen LogP contribution is -2.43. The molecule has 0 spiro atoms. The van der Waals surface area contributed by atoms with Crippen molar-refractivity contribution in [2.45, 2.75) is 38.2 Å². The largest absolute Gasteiger partial charge is 0.417 e. The fourth-order valence-electron chi connectivity index (χ4n) is 4.11. The van der Waals surface area contributed by atoms with Crippen LogP contribution in [0.3, 0.4) is 0 Å². The molecule has 0 radical (unpaired) electrons. The van der Waals surface area contributed by atoms with E-state index in [1.165, 1.54) is 12.1 Å². The Morgan fingerprint density at radius 2 is 2.06 bits per heavy atom. The Hall–Kier alpha value is -3.66. The Balaban J connectivity index is 1.60. The number of fused-ring (bicyclic) bond motifs is 3. The SMILES string of the molecule is CCC(O)NC1=C2N=CC(C3=NN=CC3)N2c2ccc(-c3ccccc3C(F)(F)F)cc2N1. The van der Waals surface area contributed by atoms with Crippen LogP contribution < -0.4 is 15.5 Å². The fraction of sp³-hybridized carbons (Fsp3) is 0.261. The summed E-state index contributed by atoms with van der Waals surface area (Å²) in [5, 5.41) is 24.6. The first-order chi connectivity index (χ1) is 15.9. The summed E-state index contributed by atoms with van der Waals surface area (Å²) in [4.78, 5) is 6.49. The normalized spacial score (nSPS) is 19.8. The van der Waals surface area contributed by atoms with Gasteiger partial charge in [0.2, 0.25) is 0 Å². The van der Waals surface area contributed by atoms with Gasteiger partial charge >= 0.3 is 6.18 Å². The molecule has 10 heteroatoms. The van der Waals surface area contributed by atoms with Crippen molar-refractivity contribution in [3.05, 3.63) is 59.7 Å². The third-order valence-corrected chi connectivity index (χ3v) is 5.73. The van der Waals surface area contributed by atoms with Gasteiger partial charge in [-0.1, -0.05) is 31.2 Å². The summed E-state index contributed by atoms with van der Waals surface area (Å²) in [6, 6.07) is 10.3. The summed E-state index contributed by atoms with van der Waals surface area (Å²) in [5.41, 5.74) is 1.96. The quantitative estimate of drug-likeness (QED) is 0.587. The molecule has 0 saturated carbocycles. The highest BCUT2D eigenvalue weighted by Gasteiger charge is 2.38. The van der Waals surface area contributed by atoms with Crippen LogP contribution in [0.5, 0.6) is 0 Å². The number of hydrogen-bond donors (Lipinski definition) is 3. The smallest absolute Gasteiger partial charge is 0.374 e. The van der Waals surface area contributed by atoms with Crippen LogP contribution in [0, 0.1) is 0 Å². The second-order valence-corrected chi connectivity index (χ2v) is 7.85. The molecule has 7 nitrogen and oxygen atoms in total. The van der Waals surface area contributed by atoms with Gasteiger partial charge in [-0.25, -0.2) is 4.99 Å². The van der Waals surface area contributed by atoms with E-state index in [2.05, 4.69) is 25.8 Å². The Kier molecular flexibility index (Phi) is 5.16. The molecule has 2 aromatic rings. The van der Waals surface area contributed by atoms with E-state index in [1.54, 1.807) is 36.7 Å². The zero-order chi connectivity index (χ0) is 23.2. The molecule has 0 aliphatic carbocycles. The number of hydrogen-bond acceptors (Lipinski definition) is 7. The zero-order valence-electron chi connectivity index (χ0n) is 17.6. The highest BCUT2D eigenvalue weighted by atomic mass is 19.4. The minimum Gasteiger partial charge on any atom is -0.374 e. The molecule has 0 amide bonds. The van der Waals surface area contributed by atoms with Gasteiger partial charge in [-0.3, -0.25) is 0 Å². The van der Waals surface area contributed by atoms with Crippen molar-refractivity contribution in [1.82, 2.24) is 5.32 Å². The standard InChI is InChI=1S/C23H21F3N6O/c1-2-20(33)30-21-22-27-12-19(16-9-10-28-31-16)32(22)18-8-7-13(11-17(18)29-21)14-5-3-4-6-15(14)23(24,25)26/h3-8,10-12,19-20,29-30,33H,2,9H2,1H3. The number of aliphatic imine (C=N–C) groups is 1. The van der Waals surface area contributed by atoms with Crippen molar-refractivity contribution in [3.8, 4) is 11.1 Å². The van der Waals surface area contributed by atoms with Crippen LogP contribution in [0.2, 0.25) is 0 Å². The van der Waals surface area contributed by atoms with E-state index < -0.39 is 18.0 Å². The summed E-state index contributed by atoms with van der Waals surface area (Å²) in [6.45, 7) is 1.83. The molecule has 33 heavy (non-hydrogen) atoms. The number of aliphatic hydroxyl groups is 1. The first-order valence-corrected chi connectivity index (χ1v) is 10.5. The zero-order valence-corrected chi connectivity index (χ0v) is 17.6. The van der Waals surface area contributed by atoms with Gasteiger partial charge < -0.3 is 20.6 Å². The van der Waals surface area contributed by atoms with E-state index in [9.17, 15) is 18.3 Å². The van der Waals surface area contributed by atoms with Crippen molar-refractivity contribution in [3.63, 3.8) is 0 Å². The van der Waals surface area contributed by atoms with Crippen LogP contribution in [-0.4, -0.2) is 35.5 Å². The van der Waals surface area contributed by atoms with Crippen LogP contribution in [-0.2, 0) is 6.18 Å². The van der Waals surface area contributed by atoms with Crippen LogP contribution in [0.1, 0.15) is 25.3 Å². The molecule has 3 aliphatic rings. The lowest BCUT2D eigenvalue weighted by atomic mass is 9.97. The topological polar surface area (TPSA) is 84.6 Å². The van der Waals surface area contributed by atoms with Crippen molar-refractivity contribution in [2.75, 3.05) is 10.2 Å². The third-order valence-electron chi connectivity index (χ3n) is 5.73. The maximum atomic E-state index is 13.6. The summed E-state index contributed by atoms with van der Waals surface area (Å²) in [6.07, 6.45) is -0.783. The van der Waals surface area contributed by atoms with Gasteiger partial charge in [-0.2, -0.15) is 23.4 Å². The second-order valence-electron chi connectivity index (χ2n) is 7.85. The van der Waals surface area contributed by atoms with E-state index in [4.69, 9.17) is 0 Å². The van der Waals surface area contributed by atoms with Crippen molar-refractivity contribution >= 4 is 29.5 Å². The minimum absolute atomic E-state index is 0.0928. The molecule has 0 saturated heterocycles. The molecular weight excluding hydrogens is 433 g/mol. The molecule has 2 unspecified atom stereocenters. The summed E-state index contributed by atoms with van der Waals surface area (Å²) >= 11 is 0. The monoisotopic (exact) mass is 454 g/mol. The highest BCUT2D eigenvalue weighted by molar-refractivity contribution is 6.14. The molecule has 2 atom stereocenters. The lowest BCUT2D eigenvalue weighted by Gasteiger charge is -2.35. The van der Waals surface area contributed by atoms with E-state index in [1.807, 2.05) is 11.8 Å². The maximum Gasteiger partial charge on any atom is 0.417 e. The van der Waals surface area contributed by atoms with Crippen molar-refractivity contribution in [2.24, 2.45) is 15.2 Å². The van der Waals surface area contributed by atoms with Gasteiger partial charge in [-0.15, -0.1) is 0 Å². The second kappa shape index (κ2) is 8.04. The first-order valence-electron chi connectivity index (χ1n) is 10.5. The number of alkyl halides is 3. The summed E-state index contributed by atoms with van der Waals surface area (Å²) < 4.78 is 40.8.